The van der Waals surface area contributed by atoms with E-state index in [1.165, 1.54) is 12.1 Å². The van der Waals surface area contributed by atoms with Gasteiger partial charge in [-0.05, 0) is 38.5 Å². The molecule has 0 saturated heterocycles. The number of hydrogen-bond donors (Lipinski definition) is 1. The molecule has 144 valence electrons. The molecule has 0 bridgehead atoms. The zero-order valence-electron chi connectivity index (χ0n) is 15.3. The number of aryl methyl sites for hydroxylation is 3. The van der Waals surface area contributed by atoms with Crippen molar-refractivity contribution in [2.24, 2.45) is 0 Å². The van der Waals surface area contributed by atoms with Gasteiger partial charge in [-0.25, -0.2) is 12.7 Å². The number of sulfonamides is 1. The van der Waals surface area contributed by atoms with Crippen LogP contribution in [-0.2, 0) is 21.4 Å². The van der Waals surface area contributed by atoms with Crippen LogP contribution in [0.1, 0.15) is 34.6 Å². The Morgan fingerprint density at radius 3 is 2.59 bits per heavy atom. The summed E-state index contributed by atoms with van der Waals surface area (Å²) in [5.74, 6) is -0.870. The predicted molar refractivity (Wildman–Crippen MR) is 98.6 cm³/mol. The smallest absolute Gasteiger partial charge is 0.269 e. The van der Waals surface area contributed by atoms with Gasteiger partial charge in [0.2, 0.25) is 5.91 Å². The van der Waals surface area contributed by atoms with Crippen LogP contribution in [0.25, 0.3) is 0 Å². The van der Waals surface area contributed by atoms with Crippen LogP contribution >= 0.6 is 0 Å². The molecule has 9 heteroatoms. The molecule has 1 aliphatic heterocycles. The standard InChI is InChI=1S/C18H22N4O4S/c1-13-12-14(2)21(20-13)10-5-9-19-17(23)8-11-22-18(24)15-6-3-4-7-16(15)27(22,25)26/h3-4,6-7,12H,5,8-11H2,1-2H3,(H,19,23). The van der Waals surface area contributed by atoms with Crippen LogP contribution in [0.5, 0.6) is 0 Å². The molecule has 27 heavy (non-hydrogen) atoms. The quantitative estimate of drug-likeness (QED) is 0.717. The van der Waals surface area contributed by atoms with Crippen LogP contribution in [-0.4, -0.2) is 47.4 Å². The Labute approximate surface area is 158 Å². The molecule has 2 aromatic rings. The summed E-state index contributed by atoms with van der Waals surface area (Å²) < 4.78 is 27.5. The SMILES string of the molecule is Cc1cc(C)n(CCCNC(=O)CCN2C(=O)c3ccccc3S2(=O)=O)n1. The fourth-order valence-electron chi connectivity index (χ4n) is 3.10. The molecule has 0 aliphatic carbocycles. The van der Waals surface area contributed by atoms with E-state index in [0.717, 1.165) is 15.7 Å². The monoisotopic (exact) mass is 390 g/mol. The third-order valence-electron chi connectivity index (χ3n) is 4.43. The van der Waals surface area contributed by atoms with E-state index in [4.69, 9.17) is 0 Å². The van der Waals surface area contributed by atoms with Crippen molar-refractivity contribution < 1.29 is 18.0 Å². The number of aromatic nitrogens is 2. The van der Waals surface area contributed by atoms with E-state index in [1.807, 2.05) is 24.6 Å². The third kappa shape index (κ3) is 3.87. The third-order valence-corrected chi connectivity index (χ3v) is 6.27. The number of amides is 2. The van der Waals surface area contributed by atoms with Crippen LogP contribution in [0.3, 0.4) is 0 Å². The van der Waals surface area contributed by atoms with Gasteiger partial charge >= 0.3 is 0 Å². The Morgan fingerprint density at radius 1 is 1.19 bits per heavy atom. The maximum atomic E-state index is 12.4. The van der Waals surface area contributed by atoms with Gasteiger partial charge in [-0.1, -0.05) is 12.1 Å². The van der Waals surface area contributed by atoms with Gasteiger partial charge in [0.25, 0.3) is 15.9 Å². The molecular weight excluding hydrogens is 368 g/mol. The molecule has 0 unspecified atom stereocenters. The minimum atomic E-state index is -3.86. The van der Waals surface area contributed by atoms with Crippen molar-refractivity contribution in [3.05, 3.63) is 47.3 Å². The van der Waals surface area contributed by atoms with Gasteiger partial charge in [-0.3, -0.25) is 14.3 Å². The Kier molecular flexibility index (Phi) is 5.31. The number of nitrogens with one attached hydrogen (secondary N) is 1. The Hall–Kier alpha value is -2.68. The Morgan fingerprint density at radius 2 is 1.93 bits per heavy atom. The van der Waals surface area contributed by atoms with E-state index in [0.29, 0.717) is 19.5 Å². The fraction of sp³-hybridized carbons (Fsp3) is 0.389. The van der Waals surface area contributed by atoms with Crippen molar-refractivity contribution in [1.82, 2.24) is 19.4 Å². The van der Waals surface area contributed by atoms with E-state index in [9.17, 15) is 18.0 Å². The van der Waals surface area contributed by atoms with E-state index in [1.54, 1.807) is 12.1 Å². The lowest BCUT2D eigenvalue weighted by molar-refractivity contribution is -0.121. The minimum Gasteiger partial charge on any atom is -0.356 e. The first-order chi connectivity index (χ1) is 12.8. The van der Waals surface area contributed by atoms with Crippen molar-refractivity contribution in [2.45, 2.75) is 38.1 Å². The molecule has 0 radical (unpaired) electrons. The molecule has 2 amide bonds. The number of rotatable bonds is 7. The molecule has 0 atom stereocenters. The normalized spacial score (nSPS) is 15.0. The second-order valence-electron chi connectivity index (χ2n) is 6.48. The van der Waals surface area contributed by atoms with Gasteiger partial charge in [-0.2, -0.15) is 5.10 Å². The maximum absolute atomic E-state index is 12.4. The van der Waals surface area contributed by atoms with Crippen molar-refractivity contribution in [3.63, 3.8) is 0 Å². The van der Waals surface area contributed by atoms with Crippen LogP contribution in [0.15, 0.2) is 35.2 Å². The van der Waals surface area contributed by atoms with Gasteiger partial charge in [0.15, 0.2) is 0 Å². The second-order valence-corrected chi connectivity index (χ2v) is 8.31. The number of fused-ring (bicyclic) bond motifs is 1. The summed E-state index contributed by atoms with van der Waals surface area (Å²) in [6.07, 6.45) is 0.638. The number of nitrogens with zero attached hydrogens (tertiary/aromatic N) is 3. The van der Waals surface area contributed by atoms with Crippen LogP contribution < -0.4 is 5.32 Å². The number of carbonyl (C=O) groups is 2. The second kappa shape index (κ2) is 7.51. The van der Waals surface area contributed by atoms with Gasteiger partial charge < -0.3 is 5.32 Å². The molecule has 1 N–H and O–H groups in total. The molecule has 3 rings (SSSR count). The largest absolute Gasteiger partial charge is 0.356 e. The molecule has 2 heterocycles. The zero-order chi connectivity index (χ0) is 19.6. The van der Waals surface area contributed by atoms with Crippen LogP contribution in [0, 0.1) is 13.8 Å². The summed E-state index contributed by atoms with van der Waals surface area (Å²) in [5, 5.41) is 7.11. The highest BCUT2D eigenvalue weighted by Crippen LogP contribution is 2.29. The van der Waals surface area contributed by atoms with Crippen molar-refractivity contribution in [1.29, 1.82) is 0 Å². The summed E-state index contributed by atoms with van der Waals surface area (Å²) in [4.78, 5) is 24.3. The number of hydrogen-bond acceptors (Lipinski definition) is 5. The molecule has 8 nitrogen and oxygen atoms in total. The highest BCUT2D eigenvalue weighted by atomic mass is 32.2. The average Bonchev–Trinajstić information content (AvgIpc) is 3.04. The molecule has 0 spiro atoms. The van der Waals surface area contributed by atoms with E-state index >= 15 is 0 Å². The summed E-state index contributed by atoms with van der Waals surface area (Å²) in [7, 11) is -3.86. The lowest BCUT2D eigenvalue weighted by Crippen LogP contribution is -2.35. The van der Waals surface area contributed by atoms with E-state index in [2.05, 4.69) is 10.4 Å². The van der Waals surface area contributed by atoms with E-state index < -0.39 is 15.9 Å². The highest BCUT2D eigenvalue weighted by Gasteiger charge is 2.40. The first-order valence-electron chi connectivity index (χ1n) is 8.74. The van der Waals surface area contributed by atoms with E-state index in [-0.39, 0.29) is 29.3 Å². The van der Waals surface area contributed by atoms with Crippen molar-refractivity contribution >= 4 is 21.8 Å². The molecular formula is C18H22N4O4S. The van der Waals surface area contributed by atoms with Gasteiger partial charge in [0.05, 0.1) is 11.3 Å². The van der Waals surface area contributed by atoms with Gasteiger partial charge in [-0.15, -0.1) is 0 Å². The van der Waals surface area contributed by atoms with Gasteiger partial charge in [0.1, 0.15) is 4.90 Å². The predicted octanol–water partition coefficient (Wildman–Crippen LogP) is 1.24. The lowest BCUT2D eigenvalue weighted by atomic mass is 10.2. The topological polar surface area (TPSA) is 101 Å². The number of benzene rings is 1. The molecule has 1 aromatic carbocycles. The summed E-state index contributed by atoms with van der Waals surface area (Å²) >= 11 is 0. The zero-order valence-corrected chi connectivity index (χ0v) is 16.1. The highest BCUT2D eigenvalue weighted by molar-refractivity contribution is 7.90. The molecule has 0 fully saturated rings. The first-order valence-corrected chi connectivity index (χ1v) is 10.2. The van der Waals surface area contributed by atoms with Crippen LogP contribution in [0.4, 0.5) is 0 Å². The molecule has 0 saturated carbocycles. The lowest BCUT2D eigenvalue weighted by Gasteiger charge is -2.14. The summed E-state index contributed by atoms with van der Waals surface area (Å²) in [6.45, 7) is 4.88. The fourth-order valence-corrected chi connectivity index (χ4v) is 4.67. The minimum absolute atomic E-state index is 0.000272. The summed E-state index contributed by atoms with van der Waals surface area (Å²) in [5.41, 5.74) is 2.17. The first kappa shape index (κ1) is 19.1. The Bertz CT molecular complexity index is 981. The van der Waals surface area contributed by atoms with Crippen molar-refractivity contribution in [2.75, 3.05) is 13.1 Å². The Balaban J connectivity index is 1.47. The molecule has 1 aliphatic rings. The maximum Gasteiger partial charge on any atom is 0.269 e. The molecule has 1 aromatic heterocycles. The number of carbonyl (C=O) groups excluding carboxylic acids is 2. The summed E-state index contributed by atoms with van der Waals surface area (Å²) in [6, 6.07) is 8.06. The van der Waals surface area contributed by atoms with Crippen molar-refractivity contribution in [3.8, 4) is 0 Å². The average molecular weight is 390 g/mol. The van der Waals surface area contributed by atoms with Gasteiger partial charge in [0, 0.05) is 31.7 Å². The van der Waals surface area contributed by atoms with Crippen LogP contribution in [0.2, 0.25) is 0 Å².